The molecule has 3 nitrogen and oxygen atoms in total. The largest absolute Gasteiger partial charge is 0.342 e. The van der Waals surface area contributed by atoms with Gasteiger partial charge in [-0.3, -0.25) is 4.79 Å². The SMILES string of the molecule is CCC(CC)(CN)C(=O)N1CCCC1. The van der Waals surface area contributed by atoms with Crippen molar-refractivity contribution < 1.29 is 4.79 Å². The van der Waals surface area contributed by atoms with Crippen LogP contribution in [0.3, 0.4) is 0 Å². The Morgan fingerprint density at radius 2 is 1.79 bits per heavy atom. The fourth-order valence-corrected chi connectivity index (χ4v) is 2.18. The van der Waals surface area contributed by atoms with Gasteiger partial charge in [0.05, 0.1) is 5.41 Å². The molecular weight excluding hydrogens is 176 g/mol. The van der Waals surface area contributed by atoms with Gasteiger partial charge in [0.15, 0.2) is 0 Å². The summed E-state index contributed by atoms with van der Waals surface area (Å²) in [7, 11) is 0. The van der Waals surface area contributed by atoms with Crippen molar-refractivity contribution in [2.75, 3.05) is 19.6 Å². The molecule has 1 saturated heterocycles. The summed E-state index contributed by atoms with van der Waals surface area (Å²) in [6.45, 7) is 6.46. The number of amides is 1. The number of hydrogen-bond acceptors (Lipinski definition) is 2. The summed E-state index contributed by atoms with van der Waals surface area (Å²) in [5.41, 5.74) is 5.46. The third kappa shape index (κ3) is 1.92. The number of carbonyl (C=O) groups is 1. The van der Waals surface area contributed by atoms with Crippen LogP contribution in [0, 0.1) is 5.41 Å². The minimum absolute atomic E-state index is 0.280. The van der Waals surface area contributed by atoms with Crippen molar-refractivity contribution in [2.45, 2.75) is 39.5 Å². The molecule has 14 heavy (non-hydrogen) atoms. The molecule has 0 aromatic carbocycles. The second-order valence-electron chi connectivity index (χ2n) is 4.19. The number of nitrogens with zero attached hydrogens (tertiary/aromatic N) is 1. The Morgan fingerprint density at radius 3 is 2.14 bits per heavy atom. The van der Waals surface area contributed by atoms with Crippen molar-refractivity contribution in [3.63, 3.8) is 0 Å². The molecule has 0 spiro atoms. The van der Waals surface area contributed by atoms with Crippen LogP contribution in [0.15, 0.2) is 0 Å². The molecule has 1 rings (SSSR count). The monoisotopic (exact) mass is 198 g/mol. The lowest BCUT2D eigenvalue weighted by molar-refractivity contribution is -0.141. The third-order valence-electron chi connectivity index (χ3n) is 3.59. The van der Waals surface area contributed by atoms with Crippen LogP contribution in [0.4, 0.5) is 0 Å². The van der Waals surface area contributed by atoms with Crippen molar-refractivity contribution in [1.29, 1.82) is 0 Å². The van der Waals surface area contributed by atoms with Crippen LogP contribution >= 0.6 is 0 Å². The Kier molecular flexibility index (Phi) is 3.93. The molecular formula is C11H22N2O. The van der Waals surface area contributed by atoms with Crippen LogP contribution in [0.25, 0.3) is 0 Å². The number of nitrogens with two attached hydrogens (primary N) is 1. The van der Waals surface area contributed by atoms with E-state index in [0.29, 0.717) is 6.54 Å². The van der Waals surface area contributed by atoms with E-state index in [2.05, 4.69) is 13.8 Å². The van der Waals surface area contributed by atoms with Gasteiger partial charge in [-0.15, -0.1) is 0 Å². The molecule has 82 valence electrons. The standard InChI is InChI=1S/C11H22N2O/c1-3-11(4-2,9-12)10(14)13-7-5-6-8-13/h3-9,12H2,1-2H3. The number of carbonyl (C=O) groups excluding carboxylic acids is 1. The quantitative estimate of drug-likeness (QED) is 0.741. The molecule has 1 heterocycles. The molecule has 1 fully saturated rings. The first-order valence-corrected chi connectivity index (χ1v) is 5.69. The van der Waals surface area contributed by atoms with Gasteiger partial charge in [-0.2, -0.15) is 0 Å². The maximum Gasteiger partial charge on any atom is 0.230 e. The summed E-state index contributed by atoms with van der Waals surface area (Å²) in [5, 5.41) is 0. The molecule has 0 bridgehead atoms. The lowest BCUT2D eigenvalue weighted by Crippen LogP contribution is -2.46. The van der Waals surface area contributed by atoms with Crippen molar-refractivity contribution in [1.82, 2.24) is 4.90 Å². The molecule has 2 N–H and O–H groups in total. The summed E-state index contributed by atoms with van der Waals surface area (Å²) in [6, 6.07) is 0. The Morgan fingerprint density at radius 1 is 1.29 bits per heavy atom. The van der Waals surface area contributed by atoms with Gasteiger partial charge in [-0.05, 0) is 25.7 Å². The molecule has 0 saturated carbocycles. The smallest absolute Gasteiger partial charge is 0.230 e. The number of likely N-dealkylation sites (tertiary alicyclic amines) is 1. The van der Waals surface area contributed by atoms with E-state index in [1.165, 1.54) is 0 Å². The van der Waals surface area contributed by atoms with E-state index < -0.39 is 0 Å². The minimum Gasteiger partial charge on any atom is -0.342 e. The van der Waals surface area contributed by atoms with Gasteiger partial charge < -0.3 is 10.6 Å². The zero-order chi connectivity index (χ0) is 10.6. The van der Waals surface area contributed by atoms with Crippen molar-refractivity contribution >= 4 is 5.91 Å². The average molecular weight is 198 g/mol. The molecule has 1 aliphatic heterocycles. The summed E-state index contributed by atoms with van der Waals surface area (Å²) in [5.74, 6) is 0.280. The summed E-state index contributed by atoms with van der Waals surface area (Å²) >= 11 is 0. The third-order valence-corrected chi connectivity index (χ3v) is 3.59. The lowest BCUT2D eigenvalue weighted by Gasteiger charge is -2.33. The van der Waals surface area contributed by atoms with Gasteiger partial charge in [0.25, 0.3) is 0 Å². The highest BCUT2D eigenvalue weighted by Gasteiger charge is 2.37. The first-order valence-electron chi connectivity index (χ1n) is 5.69. The van der Waals surface area contributed by atoms with Gasteiger partial charge in [0, 0.05) is 19.6 Å². The fourth-order valence-electron chi connectivity index (χ4n) is 2.18. The Labute approximate surface area is 86.6 Å². The number of hydrogen-bond donors (Lipinski definition) is 1. The zero-order valence-electron chi connectivity index (χ0n) is 9.38. The highest BCUT2D eigenvalue weighted by molar-refractivity contribution is 5.83. The summed E-state index contributed by atoms with van der Waals surface area (Å²) < 4.78 is 0. The predicted octanol–water partition coefficient (Wildman–Crippen LogP) is 1.37. The summed E-state index contributed by atoms with van der Waals surface area (Å²) in [4.78, 5) is 14.2. The van der Waals surface area contributed by atoms with E-state index in [4.69, 9.17) is 5.73 Å². The lowest BCUT2D eigenvalue weighted by atomic mass is 9.81. The van der Waals surface area contributed by atoms with E-state index in [0.717, 1.165) is 38.8 Å². The molecule has 0 aromatic heterocycles. The van der Waals surface area contributed by atoms with Gasteiger partial charge in [-0.25, -0.2) is 0 Å². The van der Waals surface area contributed by atoms with Crippen molar-refractivity contribution in [3.8, 4) is 0 Å². The maximum absolute atomic E-state index is 12.2. The van der Waals surface area contributed by atoms with E-state index in [1.807, 2.05) is 4.90 Å². The van der Waals surface area contributed by atoms with Crippen LogP contribution < -0.4 is 5.73 Å². The van der Waals surface area contributed by atoms with Crippen LogP contribution in [-0.4, -0.2) is 30.4 Å². The topological polar surface area (TPSA) is 46.3 Å². The fraction of sp³-hybridized carbons (Fsp3) is 0.909. The van der Waals surface area contributed by atoms with Gasteiger partial charge in [0.1, 0.15) is 0 Å². The van der Waals surface area contributed by atoms with E-state index in [1.54, 1.807) is 0 Å². The minimum atomic E-state index is -0.287. The van der Waals surface area contributed by atoms with Crippen LogP contribution in [0.2, 0.25) is 0 Å². The Bertz CT molecular complexity index is 185. The molecule has 0 unspecified atom stereocenters. The Hall–Kier alpha value is -0.570. The maximum atomic E-state index is 12.2. The van der Waals surface area contributed by atoms with Crippen molar-refractivity contribution in [3.05, 3.63) is 0 Å². The predicted molar refractivity (Wildman–Crippen MR) is 57.9 cm³/mol. The van der Waals surface area contributed by atoms with E-state index >= 15 is 0 Å². The molecule has 0 aliphatic carbocycles. The molecule has 3 heteroatoms. The van der Waals surface area contributed by atoms with E-state index in [-0.39, 0.29) is 11.3 Å². The van der Waals surface area contributed by atoms with Crippen LogP contribution in [0.1, 0.15) is 39.5 Å². The van der Waals surface area contributed by atoms with Gasteiger partial charge >= 0.3 is 0 Å². The highest BCUT2D eigenvalue weighted by Crippen LogP contribution is 2.29. The van der Waals surface area contributed by atoms with Gasteiger partial charge in [-0.1, -0.05) is 13.8 Å². The van der Waals surface area contributed by atoms with E-state index in [9.17, 15) is 4.79 Å². The molecule has 1 aliphatic rings. The average Bonchev–Trinajstić information content (AvgIpc) is 2.74. The second kappa shape index (κ2) is 4.78. The zero-order valence-corrected chi connectivity index (χ0v) is 9.38. The first kappa shape index (κ1) is 11.5. The molecule has 0 atom stereocenters. The van der Waals surface area contributed by atoms with Crippen LogP contribution in [0.5, 0.6) is 0 Å². The molecule has 0 radical (unpaired) electrons. The Balaban J connectivity index is 2.71. The van der Waals surface area contributed by atoms with Crippen LogP contribution in [-0.2, 0) is 4.79 Å². The molecule has 0 aromatic rings. The highest BCUT2D eigenvalue weighted by atomic mass is 16.2. The first-order chi connectivity index (χ1) is 6.70. The normalized spacial score (nSPS) is 17.5. The molecule has 1 amide bonds. The van der Waals surface area contributed by atoms with Crippen molar-refractivity contribution in [2.24, 2.45) is 11.1 Å². The van der Waals surface area contributed by atoms with Gasteiger partial charge in [0.2, 0.25) is 5.91 Å². The second-order valence-corrected chi connectivity index (χ2v) is 4.19. The summed E-state index contributed by atoms with van der Waals surface area (Å²) in [6.07, 6.45) is 4.02. The number of rotatable bonds is 4.